The molecule has 0 saturated carbocycles. The van der Waals surface area contributed by atoms with Gasteiger partial charge < -0.3 is 4.79 Å². The van der Waals surface area contributed by atoms with Crippen LogP contribution in [0.1, 0.15) is 40.5 Å². The summed E-state index contributed by atoms with van der Waals surface area (Å²) < 4.78 is 0. The Hall–Kier alpha value is -0.660. The maximum Gasteiger partial charge on any atom is 0.138 e. The van der Waals surface area contributed by atoms with Crippen molar-refractivity contribution in [3.8, 4) is 0 Å². The van der Waals surface area contributed by atoms with Crippen LogP contribution in [0.5, 0.6) is 0 Å². The SMILES string of the molecule is CCC(C)C(=O)C(C)CC(C)=O. The molecule has 0 aliphatic carbocycles. The summed E-state index contributed by atoms with van der Waals surface area (Å²) in [5.74, 6) is 0.309. The Morgan fingerprint density at radius 3 is 2.00 bits per heavy atom. The number of Topliss-reactive ketones (excluding diaryl/α,β-unsaturated/α-hetero) is 2. The minimum atomic E-state index is -0.0996. The molecule has 0 aromatic rings. The Labute approximate surface area is 74.3 Å². The first kappa shape index (κ1) is 11.3. The van der Waals surface area contributed by atoms with Gasteiger partial charge in [-0.3, -0.25) is 4.79 Å². The Morgan fingerprint density at radius 1 is 1.17 bits per heavy atom. The van der Waals surface area contributed by atoms with Gasteiger partial charge in [0.05, 0.1) is 0 Å². The van der Waals surface area contributed by atoms with E-state index in [0.717, 1.165) is 6.42 Å². The summed E-state index contributed by atoms with van der Waals surface area (Å²) in [6, 6.07) is 0. The van der Waals surface area contributed by atoms with E-state index in [2.05, 4.69) is 0 Å². The van der Waals surface area contributed by atoms with E-state index >= 15 is 0 Å². The average molecular weight is 170 g/mol. The number of ketones is 2. The summed E-state index contributed by atoms with van der Waals surface area (Å²) in [6.45, 7) is 7.26. The zero-order chi connectivity index (χ0) is 9.72. The Morgan fingerprint density at radius 2 is 1.67 bits per heavy atom. The second kappa shape index (κ2) is 5.07. The van der Waals surface area contributed by atoms with E-state index in [0.29, 0.717) is 6.42 Å². The maximum absolute atomic E-state index is 11.5. The quantitative estimate of drug-likeness (QED) is 0.634. The van der Waals surface area contributed by atoms with Gasteiger partial charge in [0.1, 0.15) is 11.6 Å². The van der Waals surface area contributed by atoms with Crippen LogP contribution in [0.15, 0.2) is 0 Å². The lowest BCUT2D eigenvalue weighted by Crippen LogP contribution is -2.20. The smallest absolute Gasteiger partial charge is 0.138 e. The molecule has 0 saturated heterocycles. The molecule has 2 atom stereocenters. The Balaban J connectivity index is 4.01. The van der Waals surface area contributed by atoms with Gasteiger partial charge in [0.2, 0.25) is 0 Å². The molecule has 0 radical (unpaired) electrons. The molecule has 0 fully saturated rings. The number of carbonyl (C=O) groups is 2. The van der Waals surface area contributed by atoms with Crippen LogP contribution in [0.25, 0.3) is 0 Å². The highest BCUT2D eigenvalue weighted by molar-refractivity contribution is 5.87. The van der Waals surface area contributed by atoms with Gasteiger partial charge >= 0.3 is 0 Å². The molecule has 0 aromatic carbocycles. The lowest BCUT2D eigenvalue weighted by molar-refractivity contribution is -0.129. The highest BCUT2D eigenvalue weighted by Gasteiger charge is 2.19. The van der Waals surface area contributed by atoms with Gasteiger partial charge in [-0.15, -0.1) is 0 Å². The first-order valence-corrected chi connectivity index (χ1v) is 4.52. The zero-order valence-corrected chi connectivity index (χ0v) is 8.39. The predicted molar refractivity (Wildman–Crippen MR) is 48.9 cm³/mol. The monoisotopic (exact) mass is 170 g/mol. The summed E-state index contributed by atoms with van der Waals surface area (Å²) in [5.41, 5.74) is 0. The Bertz CT molecular complexity index is 173. The lowest BCUT2D eigenvalue weighted by Gasteiger charge is -2.12. The van der Waals surface area contributed by atoms with Gasteiger partial charge in [0.15, 0.2) is 0 Å². The summed E-state index contributed by atoms with van der Waals surface area (Å²) in [5, 5.41) is 0. The number of hydrogen-bond donors (Lipinski definition) is 0. The lowest BCUT2D eigenvalue weighted by atomic mass is 9.90. The van der Waals surface area contributed by atoms with Gasteiger partial charge in [-0.05, 0) is 13.3 Å². The molecule has 2 unspecified atom stereocenters. The highest BCUT2D eigenvalue weighted by atomic mass is 16.1. The summed E-state index contributed by atoms with van der Waals surface area (Å²) in [7, 11) is 0. The second-order valence-corrected chi connectivity index (χ2v) is 3.52. The topological polar surface area (TPSA) is 34.1 Å². The minimum absolute atomic E-state index is 0.0964. The van der Waals surface area contributed by atoms with Gasteiger partial charge in [0.25, 0.3) is 0 Å². The van der Waals surface area contributed by atoms with Crippen molar-refractivity contribution in [1.82, 2.24) is 0 Å². The zero-order valence-electron chi connectivity index (χ0n) is 8.39. The van der Waals surface area contributed by atoms with E-state index < -0.39 is 0 Å². The van der Waals surface area contributed by atoms with Crippen molar-refractivity contribution in [2.45, 2.75) is 40.5 Å². The van der Waals surface area contributed by atoms with Crippen LogP contribution in [0.3, 0.4) is 0 Å². The molecule has 12 heavy (non-hydrogen) atoms. The van der Waals surface area contributed by atoms with Crippen molar-refractivity contribution in [3.63, 3.8) is 0 Å². The predicted octanol–water partition coefficient (Wildman–Crippen LogP) is 2.22. The molecule has 0 aliphatic rings. The first-order valence-electron chi connectivity index (χ1n) is 4.52. The largest absolute Gasteiger partial charge is 0.300 e. The third-order valence-electron chi connectivity index (χ3n) is 2.18. The fourth-order valence-electron chi connectivity index (χ4n) is 1.22. The van der Waals surface area contributed by atoms with Gasteiger partial charge in [-0.25, -0.2) is 0 Å². The third kappa shape index (κ3) is 3.65. The van der Waals surface area contributed by atoms with Gasteiger partial charge in [0, 0.05) is 18.3 Å². The van der Waals surface area contributed by atoms with Crippen molar-refractivity contribution in [2.75, 3.05) is 0 Å². The van der Waals surface area contributed by atoms with E-state index in [1.807, 2.05) is 20.8 Å². The molecular weight excluding hydrogens is 152 g/mol. The fraction of sp³-hybridized carbons (Fsp3) is 0.800. The van der Waals surface area contributed by atoms with Crippen LogP contribution in [-0.2, 0) is 9.59 Å². The van der Waals surface area contributed by atoms with Crippen LogP contribution < -0.4 is 0 Å². The van der Waals surface area contributed by atoms with Crippen LogP contribution in [-0.4, -0.2) is 11.6 Å². The number of carbonyl (C=O) groups excluding carboxylic acids is 2. The van der Waals surface area contributed by atoms with Crippen LogP contribution in [0.4, 0.5) is 0 Å². The van der Waals surface area contributed by atoms with Crippen molar-refractivity contribution in [3.05, 3.63) is 0 Å². The summed E-state index contributed by atoms with van der Waals surface area (Å²) >= 11 is 0. The van der Waals surface area contributed by atoms with Crippen LogP contribution in [0.2, 0.25) is 0 Å². The molecule has 0 heterocycles. The summed E-state index contributed by atoms with van der Waals surface area (Å²) in [6.07, 6.45) is 1.25. The average Bonchev–Trinajstić information content (AvgIpc) is 2.00. The standard InChI is InChI=1S/C10H18O2/c1-5-7(2)10(12)8(3)6-9(4)11/h7-8H,5-6H2,1-4H3. The molecule has 0 amide bonds. The molecule has 0 aliphatic heterocycles. The van der Waals surface area contributed by atoms with Crippen molar-refractivity contribution in [2.24, 2.45) is 11.8 Å². The van der Waals surface area contributed by atoms with E-state index in [4.69, 9.17) is 0 Å². The minimum Gasteiger partial charge on any atom is -0.300 e. The van der Waals surface area contributed by atoms with E-state index in [9.17, 15) is 9.59 Å². The van der Waals surface area contributed by atoms with Gasteiger partial charge in [-0.2, -0.15) is 0 Å². The number of hydrogen-bond acceptors (Lipinski definition) is 2. The molecular formula is C10H18O2. The fourth-order valence-corrected chi connectivity index (χ4v) is 1.22. The molecule has 2 heteroatoms. The van der Waals surface area contributed by atoms with E-state index in [1.54, 1.807) is 0 Å². The van der Waals surface area contributed by atoms with Crippen LogP contribution in [0, 0.1) is 11.8 Å². The summed E-state index contributed by atoms with van der Waals surface area (Å²) in [4.78, 5) is 22.2. The van der Waals surface area contributed by atoms with Crippen molar-refractivity contribution in [1.29, 1.82) is 0 Å². The molecule has 70 valence electrons. The van der Waals surface area contributed by atoms with Crippen molar-refractivity contribution < 1.29 is 9.59 Å². The molecule has 0 rings (SSSR count). The maximum atomic E-state index is 11.5. The normalized spacial score (nSPS) is 15.3. The molecule has 0 N–H and O–H groups in total. The van der Waals surface area contributed by atoms with Crippen molar-refractivity contribution >= 4 is 11.6 Å². The third-order valence-corrected chi connectivity index (χ3v) is 2.18. The van der Waals surface area contributed by atoms with Crippen LogP contribution >= 0.6 is 0 Å². The number of rotatable bonds is 5. The molecule has 0 aromatic heterocycles. The van der Waals surface area contributed by atoms with Gasteiger partial charge in [-0.1, -0.05) is 20.8 Å². The Kier molecular flexibility index (Phi) is 4.79. The molecule has 0 bridgehead atoms. The highest BCUT2D eigenvalue weighted by Crippen LogP contribution is 2.13. The second-order valence-electron chi connectivity index (χ2n) is 3.52. The molecule has 2 nitrogen and oxygen atoms in total. The van der Waals surface area contributed by atoms with E-state index in [-0.39, 0.29) is 23.4 Å². The first-order chi connectivity index (χ1) is 5.49. The van der Waals surface area contributed by atoms with E-state index in [1.165, 1.54) is 6.92 Å². The molecule has 0 spiro atoms.